The van der Waals surface area contributed by atoms with Gasteiger partial charge in [-0.05, 0) is 24.3 Å². The summed E-state index contributed by atoms with van der Waals surface area (Å²) in [6, 6.07) is 11.0. The molecule has 0 aliphatic rings. The molecule has 0 saturated heterocycles. The van der Waals surface area contributed by atoms with Crippen LogP contribution in [0.15, 0.2) is 54.7 Å². The van der Waals surface area contributed by atoms with Crippen LogP contribution in [-0.2, 0) is 6.18 Å². The van der Waals surface area contributed by atoms with Gasteiger partial charge in [0, 0.05) is 22.5 Å². The summed E-state index contributed by atoms with van der Waals surface area (Å²) in [6.07, 6.45) is -3.32. The van der Waals surface area contributed by atoms with Crippen LogP contribution in [0.1, 0.15) is 15.9 Å². The molecule has 3 N–H and O–H groups in total. The Morgan fingerprint density at radius 2 is 1.85 bits per heavy atom. The minimum Gasteiger partial charge on any atom is -0.368 e. The first-order valence-electron chi connectivity index (χ1n) is 7.62. The van der Waals surface area contributed by atoms with Gasteiger partial charge in [-0.1, -0.05) is 35.9 Å². The van der Waals surface area contributed by atoms with Crippen molar-refractivity contribution in [3.63, 3.8) is 0 Å². The lowest BCUT2D eigenvalue weighted by atomic mass is 10.1. The van der Waals surface area contributed by atoms with Crippen LogP contribution in [0.5, 0.6) is 0 Å². The van der Waals surface area contributed by atoms with Crippen LogP contribution in [0.4, 0.5) is 24.8 Å². The molecular weight excluding hydrogens is 381 g/mol. The molecule has 3 aromatic rings. The average molecular weight is 393 g/mol. The lowest BCUT2D eigenvalue weighted by Crippen LogP contribution is -2.16. The van der Waals surface area contributed by atoms with Crippen LogP contribution in [-0.4, -0.2) is 15.9 Å². The maximum atomic E-state index is 12.8. The van der Waals surface area contributed by atoms with Crippen molar-refractivity contribution in [2.75, 3.05) is 11.1 Å². The van der Waals surface area contributed by atoms with Crippen LogP contribution in [0, 0.1) is 0 Å². The highest BCUT2D eigenvalue weighted by Gasteiger charge is 2.30. The van der Waals surface area contributed by atoms with E-state index in [1.807, 2.05) is 0 Å². The molecule has 0 radical (unpaired) electrons. The van der Waals surface area contributed by atoms with Crippen molar-refractivity contribution in [2.45, 2.75) is 6.18 Å². The Balaban J connectivity index is 1.98. The van der Waals surface area contributed by atoms with Crippen LogP contribution in [0.3, 0.4) is 0 Å². The van der Waals surface area contributed by atoms with E-state index in [9.17, 15) is 18.0 Å². The van der Waals surface area contributed by atoms with Crippen molar-refractivity contribution in [2.24, 2.45) is 0 Å². The fraction of sp³-hybridized carbons (Fsp3) is 0.0556. The molecule has 0 aliphatic carbocycles. The number of nitrogens with one attached hydrogen (secondary N) is 1. The summed E-state index contributed by atoms with van der Waals surface area (Å²) in [5.74, 6) is -0.759. The number of anilines is 2. The van der Waals surface area contributed by atoms with Crippen molar-refractivity contribution in [3.8, 4) is 11.3 Å². The third-order valence-electron chi connectivity index (χ3n) is 3.63. The normalized spacial score (nSPS) is 11.3. The Kier molecular flexibility index (Phi) is 5.00. The maximum Gasteiger partial charge on any atom is 0.416 e. The topological polar surface area (TPSA) is 80.9 Å². The second-order valence-electron chi connectivity index (χ2n) is 5.50. The van der Waals surface area contributed by atoms with Crippen LogP contribution in [0.2, 0.25) is 5.02 Å². The van der Waals surface area contributed by atoms with Crippen LogP contribution < -0.4 is 11.1 Å². The Hall–Kier alpha value is -3.13. The third kappa shape index (κ3) is 4.17. The number of nitrogen functional groups attached to an aromatic ring is 1. The summed E-state index contributed by atoms with van der Waals surface area (Å²) >= 11 is 6.16. The van der Waals surface area contributed by atoms with Gasteiger partial charge in [-0.2, -0.15) is 13.2 Å². The molecule has 0 saturated carbocycles. The lowest BCUT2D eigenvalue weighted by molar-refractivity contribution is -0.137. The van der Waals surface area contributed by atoms with E-state index in [-0.39, 0.29) is 22.9 Å². The monoisotopic (exact) mass is 392 g/mol. The first-order chi connectivity index (χ1) is 12.8. The predicted octanol–water partition coefficient (Wildman–Crippen LogP) is 4.65. The molecular formula is C18H12ClF3N4O. The molecule has 1 heterocycles. The molecule has 0 unspecified atom stereocenters. The molecule has 9 heteroatoms. The summed E-state index contributed by atoms with van der Waals surface area (Å²) in [5, 5.41) is 2.75. The van der Waals surface area contributed by atoms with Crippen molar-refractivity contribution in [1.29, 1.82) is 0 Å². The largest absolute Gasteiger partial charge is 0.416 e. The molecule has 1 amide bonds. The standard InChI is InChI=1S/C18H12ClF3N4O/c19-14-7-2-1-6-12(14)15-13(9-24-17(23)26-15)16(27)25-11-5-3-4-10(8-11)18(20,21)22/h1-9H,(H,25,27)(H2,23,24,26). The average Bonchev–Trinajstić information content (AvgIpc) is 2.61. The second-order valence-corrected chi connectivity index (χ2v) is 5.91. The van der Waals surface area contributed by atoms with E-state index in [4.69, 9.17) is 17.3 Å². The predicted molar refractivity (Wildman–Crippen MR) is 96.3 cm³/mol. The first-order valence-corrected chi connectivity index (χ1v) is 7.99. The zero-order valence-corrected chi connectivity index (χ0v) is 14.3. The summed E-state index contributed by atoms with van der Waals surface area (Å²) in [6.45, 7) is 0. The number of carbonyl (C=O) groups is 1. The Morgan fingerprint density at radius 3 is 2.56 bits per heavy atom. The van der Waals surface area contributed by atoms with E-state index in [0.717, 1.165) is 12.1 Å². The van der Waals surface area contributed by atoms with Gasteiger partial charge in [0.2, 0.25) is 5.95 Å². The van der Waals surface area contributed by atoms with Gasteiger partial charge in [0.1, 0.15) is 0 Å². The molecule has 0 bridgehead atoms. The number of rotatable bonds is 3. The van der Waals surface area contributed by atoms with Crippen molar-refractivity contribution in [3.05, 3.63) is 70.9 Å². The minimum absolute atomic E-state index is 0.0169. The van der Waals surface area contributed by atoms with Gasteiger partial charge in [0.15, 0.2) is 0 Å². The Bertz CT molecular complexity index is 1010. The van der Waals surface area contributed by atoms with Gasteiger partial charge in [-0.25, -0.2) is 9.97 Å². The summed E-state index contributed by atoms with van der Waals surface area (Å²) < 4.78 is 38.5. The van der Waals surface area contributed by atoms with Gasteiger partial charge >= 0.3 is 6.18 Å². The molecule has 0 atom stereocenters. The number of amides is 1. The number of alkyl halides is 3. The maximum absolute atomic E-state index is 12.8. The molecule has 1 aromatic heterocycles. The van der Waals surface area contributed by atoms with Gasteiger partial charge in [-0.15, -0.1) is 0 Å². The fourth-order valence-electron chi connectivity index (χ4n) is 2.39. The van der Waals surface area contributed by atoms with Gasteiger partial charge in [0.05, 0.1) is 16.8 Å². The van der Waals surface area contributed by atoms with E-state index >= 15 is 0 Å². The fourth-order valence-corrected chi connectivity index (χ4v) is 2.62. The number of carbonyl (C=O) groups excluding carboxylic acids is 1. The van der Waals surface area contributed by atoms with Crippen LogP contribution in [0.25, 0.3) is 11.3 Å². The highest BCUT2D eigenvalue weighted by Crippen LogP contribution is 2.32. The van der Waals surface area contributed by atoms with Gasteiger partial charge in [-0.3, -0.25) is 4.79 Å². The van der Waals surface area contributed by atoms with Gasteiger partial charge in [0.25, 0.3) is 5.91 Å². The van der Waals surface area contributed by atoms with Gasteiger partial charge < -0.3 is 11.1 Å². The SMILES string of the molecule is Nc1ncc(C(=O)Nc2cccc(C(F)(F)F)c2)c(-c2ccccc2Cl)n1. The quantitative estimate of drug-likeness (QED) is 0.679. The van der Waals surface area contributed by atoms with E-state index < -0.39 is 17.6 Å². The van der Waals surface area contributed by atoms with Crippen molar-refractivity contribution in [1.82, 2.24) is 9.97 Å². The van der Waals surface area contributed by atoms with E-state index in [0.29, 0.717) is 10.6 Å². The second kappa shape index (κ2) is 7.24. The third-order valence-corrected chi connectivity index (χ3v) is 3.96. The zero-order chi connectivity index (χ0) is 19.6. The number of hydrogen-bond acceptors (Lipinski definition) is 4. The number of nitrogens with two attached hydrogens (primary N) is 1. The summed E-state index contributed by atoms with van der Waals surface area (Å²) in [5.41, 5.74) is 5.37. The van der Waals surface area contributed by atoms with E-state index in [1.54, 1.807) is 24.3 Å². The molecule has 5 nitrogen and oxygen atoms in total. The Morgan fingerprint density at radius 1 is 1.11 bits per heavy atom. The smallest absolute Gasteiger partial charge is 0.368 e. The molecule has 3 rings (SSSR count). The summed E-state index contributed by atoms with van der Waals surface area (Å²) in [7, 11) is 0. The molecule has 0 fully saturated rings. The number of benzene rings is 2. The first kappa shape index (κ1) is 18.7. The summed E-state index contributed by atoms with van der Waals surface area (Å²) in [4.78, 5) is 20.5. The molecule has 138 valence electrons. The molecule has 2 aromatic carbocycles. The van der Waals surface area contributed by atoms with Crippen molar-refractivity contribution < 1.29 is 18.0 Å². The van der Waals surface area contributed by atoms with Crippen molar-refractivity contribution >= 4 is 29.1 Å². The number of nitrogens with zero attached hydrogens (tertiary/aromatic N) is 2. The van der Waals surface area contributed by atoms with E-state index in [2.05, 4.69) is 15.3 Å². The number of hydrogen-bond donors (Lipinski definition) is 2. The zero-order valence-electron chi connectivity index (χ0n) is 13.6. The highest BCUT2D eigenvalue weighted by molar-refractivity contribution is 6.33. The molecule has 27 heavy (non-hydrogen) atoms. The van der Waals surface area contributed by atoms with Crippen LogP contribution >= 0.6 is 11.6 Å². The van der Waals surface area contributed by atoms with E-state index in [1.165, 1.54) is 18.3 Å². The number of aromatic nitrogens is 2. The highest BCUT2D eigenvalue weighted by atomic mass is 35.5. The number of halogens is 4. The molecule has 0 spiro atoms. The Labute approximate surface area is 157 Å². The lowest BCUT2D eigenvalue weighted by Gasteiger charge is -2.12. The minimum atomic E-state index is -4.52. The molecule has 0 aliphatic heterocycles.